The third-order valence-electron chi connectivity index (χ3n) is 4.29. The van der Waals surface area contributed by atoms with E-state index >= 15 is 0 Å². The Hall–Kier alpha value is -2.87. The van der Waals surface area contributed by atoms with Crippen LogP contribution in [-0.2, 0) is 4.79 Å². The molecule has 0 saturated carbocycles. The molecule has 3 rings (SSSR count). The van der Waals surface area contributed by atoms with Gasteiger partial charge in [0.1, 0.15) is 17.5 Å². The van der Waals surface area contributed by atoms with Gasteiger partial charge in [0.15, 0.2) is 0 Å². The molecular formula is C19H25N7O. The molecule has 1 atom stereocenters. The Kier molecular flexibility index (Phi) is 6.08. The van der Waals surface area contributed by atoms with Crippen LogP contribution in [0, 0.1) is 6.92 Å². The minimum Gasteiger partial charge on any atom is -0.331 e. The Bertz CT molecular complexity index is 807. The van der Waals surface area contributed by atoms with Crippen molar-refractivity contribution in [3.05, 3.63) is 48.3 Å². The van der Waals surface area contributed by atoms with Crippen molar-refractivity contribution < 1.29 is 4.79 Å². The molecule has 1 N–H and O–H groups in total. The topological polar surface area (TPSA) is 87.1 Å². The lowest BCUT2D eigenvalue weighted by Crippen LogP contribution is -2.30. The van der Waals surface area contributed by atoms with Crippen LogP contribution in [0.25, 0.3) is 0 Å². The van der Waals surface area contributed by atoms with E-state index < -0.39 is 0 Å². The highest BCUT2D eigenvalue weighted by molar-refractivity contribution is 5.88. The fourth-order valence-electron chi connectivity index (χ4n) is 3.12. The third-order valence-corrected chi connectivity index (χ3v) is 4.29. The van der Waals surface area contributed by atoms with Crippen molar-refractivity contribution in [3.63, 3.8) is 0 Å². The minimum atomic E-state index is -0.0365. The smallest absolute Gasteiger partial charge is 0.246 e. The summed E-state index contributed by atoms with van der Waals surface area (Å²) in [6.07, 6.45) is 10.3. The van der Waals surface area contributed by atoms with Crippen molar-refractivity contribution >= 4 is 17.5 Å². The van der Waals surface area contributed by atoms with Crippen LogP contribution in [0.4, 0.5) is 11.6 Å². The number of nitrogens with zero attached hydrogens (tertiary/aromatic N) is 6. The van der Waals surface area contributed by atoms with E-state index in [0.29, 0.717) is 17.5 Å². The number of carbonyl (C=O) groups is 1. The zero-order chi connectivity index (χ0) is 19.2. The Morgan fingerprint density at radius 2 is 2.19 bits per heavy atom. The van der Waals surface area contributed by atoms with E-state index in [9.17, 15) is 4.79 Å². The molecule has 0 spiro atoms. The second kappa shape index (κ2) is 8.68. The van der Waals surface area contributed by atoms with E-state index in [4.69, 9.17) is 0 Å². The van der Waals surface area contributed by atoms with Gasteiger partial charge in [-0.2, -0.15) is 0 Å². The predicted octanol–water partition coefficient (Wildman–Crippen LogP) is 2.10. The summed E-state index contributed by atoms with van der Waals surface area (Å²) < 4.78 is 0. The van der Waals surface area contributed by atoms with Gasteiger partial charge in [-0.15, -0.1) is 0 Å². The second-order valence-electron chi connectivity index (χ2n) is 6.80. The summed E-state index contributed by atoms with van der Waals surface area (Å²) in [7, 11) is 3.95. The lowest BCUT2D eigenvalue weighted by atomic mass is 10.1. The van der Waals surface area contributed by atoms with Crippen LogP contribution in [0.1, 0.15) is 30.4 Å². The molecule has 0 aromatic carbocycles. The lowest BCUT2D eigenvalue weighted by Gasteiger charge is -2.23. The number of aryl methyl sites for hydroxylation is 1. The fourth-order valence-corrected chi connectivity index (χ4v) is 3.12. The standard InChI is InChI=1S/C19H25N7O/c1-14-22-15(12-17(23-14)24-18-13-20-8-9-21-18)16-6-4-11-26(16)19(27)7-5-10-25(2)3/h5,7-9,12-13,16H,4,6,10-11H2,1-3H3,(H,21,22,23,24)/b7-5+/t16-/m1/s1. The van der Waals surface area contributed by atoms with Crippen LogP contribution in [0.5, 0.6) is 0 Å². The van der Waals surface area contributed by atoms with Gasteiger partial charge in [-0.25, -0.2) is 15.0 Å². The SMILES string of the molecule is Cc1nc(Nc2cnccn2)cc([C@H]2CCCN2C(=O)/C=C/CN(C)C)n1. The van der Waals surface area contributed by atoms with Gasteiger partial charge in [0.25, 0.3) is 0 Å². The highest BCUT2D eigenvalue weighted by Crippen LogP contribution is 2.32. The maximum absolute atomic E-state index is 12.6. The van der Waals surface area contributed by atoms with Gasteiger partial charge >= 0.3 is 0 Å². The number of aromatic nitrogens is 4. The van der Waals surface area contributed by atoms with Crippen molar-refractivity contribution in [1.29, 1.82) is 0 Å². The molecule has 1 amide bonds. The van der Waals surface area contributed by atoms with E-state index in [0.717, 1.165) is 31.6 Å². The molecule has 0 aliphatic carbocycles. The summed E-state index contributed by atoms with van der Waals surface area (Å²) in [6.45, 7) is 3.33. The summed E-state index contributed by atoms with van der Waals surface area (Å²) in [5.41, 5.74) is 0.848. The molecule has 142 valence electrons. The minimum absolute atomic E-state index is 0.0269. The van der Waals surface area contributed by atoms with Crippen LogP contribution in [0.2, 0.25) is 0 Å². The van der Waals surface area contributed by atoms with E-state index in [-0.39, 0.29) is 11.9 Å². The summed E-state index contributed by atoms with van der Waals surface area (Å²) >= 11 is 0. The lowest BCUT2D eigenvalue weighted by molar-refractivity contribution is -0.127. The first-order valence-corrected chi connectivity index (χ1v) is 9.03. The van der Waals surface area contributed by atoms with Crippen LogP contribution in [0.15, 0.2) is 36.8 Å². The fraction of sp³-hybridized carbons (Fsp3) is 0.421. The molecule has 8 heteroatoms. The Labute approximate surface area is 159 Å². The maximum Gasteiger partial charge on any atom is 0.246 e. The van der Waals surface area contributed by atoms with Gasteiger partial charge in [-0.05, 0) is 33.9 Å². The molecule has 1 saturated heterocycles. The summed E-state index contributed by atoms with van der Waals surface area (Å²) in [6, 6.07) is 1.85. The molecule has 27 heavy (non-hydrogen) atoms. The van der Waals surface area contributed by atoms with E-state index in [1.165, 1.54) is 0 Å². The number of hydrogen-bond acceptors (Lipinski definition) is 7. The van der Waals surface area contributed by atoms with Crippen molar-refractivity contribution in [2.75, 3.05) is 32.5 Å². The Balaban J connectivity index is 1.78. The van der Waals surface area contributed by atoms with E-state index in [2.05, 4.69) is 25.3 Å². The van der Waals surface area contributed by atoms with Gasteiger partial charge in [-0.3, -0.25) is 9.78 Å². The molecular weight excluding hydrogens is 342 g/mol. The number of likely N-dealkylation sites (tertiary alicyclic amines) is 1. The van der Waals surface area contributed by atoms with E-state index in [1.54, 1.807) is 24.7 Å². The van der Waals surface area contributed by atoms with Crippen LogP contribution in [-0.4, -0.2) is 62.8 Å². The predicted molar refractivity (Wildman–Crippen MR) is 103 cm³/mol. The zero-order valence-electron chi connectivity index (χ0n) is 16.0. The average molecular weight is 367 g/mol. The van der Waals surface area contributed by atoms with E-state index in [1.807, 2.05) is 43.0 Å². The molecule has 0 radical (unpaired) electrons. The molecule has 1 fully saturated rings. The molecule has 2 aromatic rings. The molecule has 8 nitrogen and oxygen atoms in total. The first kappa shape index (κ1) is 18.9. The zero-order valence-corrected chi connectivity index (χ0v) is 16.0. The number of nitrogens with one attached hydrogen (secondary N) is 1. The monoisotopic (exact) mass is 367 g/mol. The largest absolute Gasteiger partial charge is 0.331 e. The maximum atomic E-state index is 12.6. The number of amides is 1. The number of anilines is 2. The van der Waals surface area contributed by atoms with Crippen LogP contribution in [0.3, 0.4) is 0 Å². The highest BCUT2D eigenvalue weighted by atomic mass is 16.2. The number of carbonyl (C=O) groups excluding carboxylic acids is 1. The number of likely N-dealkylation sites (N-methyl/N-ethyl adjacent to an activating group) is 1. The van der Waals surface area contributed by atoms with Gasteiger partial charge in [-0.1, -0.05) is 6.08 Å². The molecule has 2 aromatic heterocycles. The molecule has 1 aliphatic heterocycles. The third kappa shape index (κ3) is 5.07. The average Bonchev–Trinajstić information content (AvgIpc) is 3.11. The normalized spacial score (nSPS) is 17.0. The van der Waals surface area contributed by atoms with Crippen LogP contribution >= 0.6 is 0 Å². The van der Waals surface area contributed by atoms with Crippen molar-refractivity contribution in [2.45, 2.75) is 25.8 Å². The van der Waals surface area contributed by atoms with Crippen molar-refractivity contribution in [2.24, 2.45) is 0 Å². The molecule has 0 unspecified atom stereocenters. The van der Waals surface area contributed by atoms with Crippen molar-refractivity contribution in [1.82, 2.24) is 29.7 Å². The van der Waals surface area contributed by atoms with Crippen LogP contribution < -0.4 is 5.32 Å². The van der Waals surface area contributed by atoms with Gasteiger partial charge in [0.05, 0.1) is 17.9 Å². The first-order chi connectivity index (χ1) is 13.0. The molecule has 0 bridgehead atoms. The first-order valence-electron chi connectivity index (χ1n) is 9.03. The summed E-state index contributed by atoms with van der Waals surface area (Å²) in [5.74, 6) is 1.95. The van der Waals surface area contributed by atoms with Gasteiger partial charge in [0.2, 0.25) is 5.91 Å². The summed E-state index contributed by atoms with van der Waals surface area (Å²) in [5, 5.41) is 3.15. The van der Waals surface area contributed by atoms with Gasteiger partial charge < -0.3 is 15.1 Å². The number of rotatable bonds is 6. The molecule has 3 heterocycles. The number of hydrogen-bond donors (Lipinski definition) is 1. The molecule has 1 aliphatic rings. The highest BCUT2D eigenvalue weighted by Gasteiger charge is 2.30. The Morgan fingerprint density at radius 1 is 1.33 bits per heavy atom. The Morgan fingerprint density at radius 3 is 2.93 bits per heavy atom. The van der Waals surface area contributed by atoms with Crippen molar-refractivity contribution in [3.8, 4) is 0 Å². The summed E-state index contributed by atoms with van der Waals surface area (Å²) in [4.78, 5) is 33.8. The second-order valence-corrected chi connectivity index (χ2v) is 6.80. The quantitative estimate of drug-likeness (QED) is 0.782. The van der Waals surface area contributed by atoms with Gasteiger partial charge in [0, 0.05) is 37.6 Å².